The fraction of sp³-hybridized carbons (Fsp3) is 0.765. The molecule has 21 heavy (non-hydrogen) atoms. The Bertz CT molecular complexity index is 453. The van der Waals surface area contributed by atoms with Crippen LogP contribution in [0, 0.1) is 5.92 Å². The van der Waals surface area contributed by atoms with Crippen LogP contribution in [0.1, 0.15) is 50.5 Å². The Morgan fingerprint density at radius 3 is 3.10 bits per heavy atom. The molecule has 3 heterocycles. The minimum absolute atomic E-state index is 0.150. The Morgan fingerprint density at radius 1 is 1.48 bits per heavy atom. The summed E-state index contributed by atoms with van der Waals surface area (Å²) in [7, 11) is 0. The monoisotopic (exact) mass is 309 g/mol. The van der Waals surface area contributed by atoms with Gasteiger partial charge in [0.15, 0.2) is 0 Å². The largest absolute Gasteiger partial charge is 0.469 e. The molecular weight excluding hydrogens is 282 g/mol. The van der Waals surface area contributed by atoms with Gasteiger partial charge in [-0.25, -0.2) is 0 Å². The maximum Gasteiger partial charge on any atom is 0.108 e. The predicted molar refractivity (Wildman–Crippen MR) is 87.9 cm³/mol. The third kappa shape index (κ3) is 3.17. The number of hydrogen-bond acceptors (Lipinski definition) is 4. The van der Waals surface area contributed by atoms with Gasteiger partial charge in [0.25, 0.3) is 0 Å². The molecule has 1 N–H and O–H groups in total. The van der Waals surface area contributed by atoms with Crippen LogP contribution in [-0.2, 0) is 11.2 Å². The fourth-order valence-electron chi connectivity index (χ4n) is 3.88. The maximum atomic E-state index is 6.19. The maximum absolute atomic E-state index is 6.19. The zero-order valence-electron chi connectivity index (χ0n) is 13.2. The molecule has 3 nitrogen and oxygen atoms in total. The second-order valence-electron chi connectivity index (χ2n) is 6.27. The third-order valence-electron chi connectivity index (χ3n) is 4.93. The molecule has 0 bridgehead atoms. The first-order valence-electron chi connectivity index (χ1n) is 8.29. The lowest BCUT2D eigenvalue weighted by molar-refractivity contribution is -0.0854. The van der Waals surface area contributed by atoms with Crippen LogP contribution in [0.4, 0.5) is 0 Å². The van der Waals surface area contributed by atoms with Gasteiger partial charge >= 0.3 is 0 Å². The van der Waals surface area contributed by atoms with Crippen molar-refractivity contribution in [3.05, 3.63) is 23.7 Å². The topological polar surface area (TPSA) is 34.4 Å². The van der Waals surface area contributed by atoms with Crippen molar-refractivity contribution in [1.82, 2.24) is 5.32 Å². The van der Waals surface area contributed by atoms with Crippen LogP contribution in [0.2, 0.25) is 0 Å². The van der Waals surface area contributed by atoms with Crippen molar-refractivity contribution in [3.8, 4) is 0 Å². The molecule has 3 rings (SSSR count). The summed E-state index contributed by atoms with van der Waals surface area (Å²) in [6.45, 7) is 6.27. The minimum atomic E-state index is 0.150. The summed E-state index contributed by atoms with van der Waals surface area (Å²) in [6.07, 6.45) is 6.37. The van der Waals surface area contributed by atoms with Crippen molar-refractivity contribution in [2.45, 2.75) is 51.2 Å². The first kappa shape index (κ1) is 15.4. The number of nitrogens with one attached hydrogen (secondary N) is 1. The average molecular weight is 309 g/mol. The van der Waals surface area contributed by atoms with Gasteiger partial charge in [0.2, 0.25) is 0 Å². The smallest absolute Gasteiger partial charge is 0.108 e. The van der Waals surface area contributed by atoms with Crippen molar-refractivity contribution in [2.75, 3.05) is 24.7 Å². The van der Waals surface area contributed by atoms with Crippen molar-refractivity contribution in [2.24, 2.45) is 5.92 Å². The molecule has 1 aromatic rings. The highest BCUT2D eigenvalue weighted by atomic mass is 32.2. The molecule has 0 radical (unpaired) electrons. The zero-order valence-corrected chi connectivity index (χ0v) is 14.0. The van der Waals surface area contributed by atoms with Gasteiger partial charge in [-0.2, -0.15) is 11.8 Å². The van der Waals surface area contributed by atoms with Crippen LogP contribution >= 0.6 is 11.8 Å². The molecule has 4 heteroatoms. The summed E-state index contributed by atoms with van der Waals surface area (Å²) in [4.78, 5) is 0. The van der Waals surface area contributed by atoms with E-state index in [1.807, 2.05) is 18.0 Å². The van der Waals surface area contributed by atoms with E-state index in [9.17, 15) is 0 Å². The molecule has 0 aliphatic carbocycles. The normalized spacial score (nSPS) is 30.9. The van der Waals surface area contributed by atoms with Gasteiger partial charge in [-0.3, -0.25) is 0 Å². The molecule has 2 saturated heterocycles. The van der Waals surface area contributed by atoms with E-state index in [4.69, 9.17) is 9.15 Å². The highest BCUT2D eigenvalue weighted by Gasteiger charge is 2.43. The van der Waals surface area contributed by atoms with Crippen LogP contribution in [0.15, 0.2) is 16.7 Å². The molecule has 0 aromatic carbocycles. The van der Waals surface area contributed by atoms with E-state index in [0.29, 0.717) is 12.0 Å². The standard InChI is InChI=1S/C17H27NO2S/c1-3-15-14(6-8-19-15)16(18-4-2)13-5-9-20-17(11-13)7-10-21-12-17/h6,8,13,16,18H,3-5,7,9-12H2,1-2H3. The highest BCUT2D eigenvalue weighted by Crippen LogP contribution is 2.44. The first-order chi connectivity index (χ1) is 10.3. The lowest BCUT2D eigenvalue weighted by atomic mass is 9.79. The summed E-state index contributed by atoms with van der Waals surface area (Å²) in [5.74, 6) is 4.22. The molecule has 2 aliphatic rings. The highest BCUT2D eigenvalue weighted by molar-refractivity contribution is 7.99. The third-order valence-corrected chi connectivity index (χ3v) is 6.15. The summed E-state index contributed by atoms with van der Waals surface area (Å²) >= 11 is 2.05. The van der Waals surface area contributed by atoms with Gasteiger partial charge < -0.3 is 14.5 Å². The van der Waals surface area contributed by atoms with Gasteiger partial charge in [-0.1, -0.05) is 13.8 Å². The molecule has 0 saturated carbocycles. The van der Waals surface area contributed by atoms with Gasteiger partial charge in [0.05, 0.1) is 11.9 Å². The molecule has 3 atom stereocenters. The molecule has 2 fully saturated rings. The van der Waals surface area contributed by atoms with Gasteiger partial charge in [-0.15, -0.1) is 0 Å². The molecular formula is C17H27NO2S. The minimum Gasteiger partial charge on any atom is -0.469 e. The average Bonchev–Trinajstić information content (AvgIpc) is 3.14. The van der Waals surface area contributed by atoms with E-state index in [2.05, 4.69) is 25.2 Å². The lowest BCUT2D eigenvalue weighted by Crippen LogP contribution is -2.43. The van der Waals surface area contributed by atoms with E-state index in [1.54, 1.807) is 0 Å². The van der Waals surface area contributed by atoms with Crippen molar-refractivity contribution in [1.29, 1.82) is 0 Å². The Morgan fingerprint density at radius 2 is 2.38 bits per heavy atom. The molecule has 118 valence electrons. The molecule has 2 aliphatic heterocycles. The second-order valence-corrected chi connectivity index (χ2v) is 7.38. The van der Waals surface area contributed by atoms with E-state index < -0.39 is 0 Å². The number of hydrogen-bond donors (Lipinski definition) is 1. The zero-order chi connectivity index (χ0) is 14.7. The Hall–Kier alpha value is -0.450. The Labute approximate surface area is 132 Å². The second kappa shape index (κ2) is 6.76. The summed E-state index contributed by atoms with van der Waals surface area (Å²) < 4.78 is 11.9. The van der Waals surface area contributed by atoms with E-state index >= 15 is 0 Å². The fourth-order valence-corrected chi connectivity index (χ4v) is 5.26. The van der Waals surface area contributed by atoms with Gasteiger partial charge in [0, 0.05) is 30.4 Å². The Balaban J connectivity index is 1.80. The van der Waals surface area contributed by atoms with E-state index in [0.717, 1.165) is 31.8 Å². The van der Waals surface area contributed by atoms with Crippen molar-refractivity contribution >= 4 is 11.8 Å². The van der Waals surface area contributed by atoms with Gasteiger partial charge in [0.1, 0.15) is 5.76 Å². The molecule has 1 spiro atoms. The van der Waals surface area contributed by atoms with Crippen LogP contribution < -0.4 is 5.32 Å². The quantitative estimate of drug-likeness (QED) is 0.897. The number of thioether (sulfide) groups is 1. The predicted octanol–water partition coefficient (Wildman–Crippen LogP) is 3.79. The number of aryl methyl sites for hydroxylation is 1. The summed E-state index contributed by atoms with van der Waals surface area (Å²) in [5.41, 5.74) is 1.52. The number of furan rings is 1. The Kier molecular flexibility index (Phi) is 4.97. The SMILES string of the molecule is CCNC(c1ccoc1CC)C1CCOC2(CCSC2)C1. The van der Waals surface area contributed by atoms with Crippen LogP contribution in [0.5, 0.6) is 0 Å². The van der Waals surface area contributed by atoms with Crippen molar-refractivity contribution in [3.63, 3.8) is 0 Å². The summed E-state index contributed by atoms with van der Waals surface area (Å²) in [5, 5.41) is 3.71. The van der Waals surface area contributed by atoms with Crippen LogP contribution in [-0.4, -0.2) is 30.3 Å². The first-order valence-corrected chi connectivity index (χ1v) is 9.45. The van der Waals surface area contributed by atoms with Crippen LogP contribution in [0.25, 0.3) is 0 Å². The van der Waals surface area contributed by atoms with Gasteiger partial charge in [-0.05, 0) is 43.5 Å². The molecule has 1 aromatic heterocycles. The lowest BCUT2D eigenvalue weighted by Gasteiger charge is -2.41. The number of ether oxygens (including phenoxy) is 1. The number of rotatable bonds is 5. The molecule has 3 unspecified atom stereocenters. The van der Waals surface area contributed by atoms with Crippen molar-refractivity contribution < 1.29 is 9.15 Å². The van der Waals surface area contributed by atoms with Crippen LogP contribution in [0.3, 0.4) is 0 Å². The summed E-state index contributed by atoms with van der Waals surface area (Å²) in [6, 6.07) is 2.58. The van der Waals surface area contributed by atoms with E-state index in [-0.39, 0.29) is 5.60 Å². The van der Waals surface area contributed by atoms with E-state index in [1.165, 1.54) is 29.9 Å². The molecule has 0 amide bonds.